The number of nitrogens with one attached hydrogen (secondary N) is 1. The molecule has 3 N–H and O–H groups in total. The van der Waals surface area contributed by atoms with E-state index in [1.165, 1.54) is 0 Å². The van der Waals surface area contributed by atoms with Crippen molar-refractivity contribution in [3.05, 3.63) is 36.0 Å². The minimum absolute atomic E-state index is 0.00819. The van der Waals surface area contributed by atoms with Crippen LogP contribution in [0.4, 0.5) is 0 Å². The molecule has 4 heteroatoms. The number of hydrogen-bond acceptors (Lipinski definition) is 4. The molecular formula is C11H17N3O. The smallest absolute Gasteiger partial charge is 0.217 e. The Balaban J connectivity index is 2.95. The molecule has 4 nitrogen and oxygen atoms in total. The average Bonchev–Trinajstić information content (AvgIpc) is 2.25. The summed E-state index contributed by atoms with van der Waals surface area (Å²) in [5.74, 6) is 6.10. The van der Waals surface area contributed by atoms with E-state index in [0.29, 0.717) is 5.88 Å². The van der Waals surface area contributed by atoms with Gasteiger partial charge in [-0.05, 0) is 19.4 Å². The number of hydrazine groups is 1. The standard InChI is InChI=1S/C11H17N3O/c1-8(2)7-10(14-12)9-5-4-6-13-11(9)15-3/h4-6,10,14H,1,7,12H2,2-3H3. The van der Waals surface area contributed by atoms with E-state index in [9.17, 15) is 0 Å². The van der Waals surface area contributed by atoms with Gasteiger partial charge < -0.3 is 4.74 Å². The summed E-state index contributed by atoms with van der Waals surface area (Å²) in [7, 11) is 1.60. The first-order chi connectivity index (χ1) is 7.19. The van der Waals surface area contributed by atoms with Crippen LogP contribution in [0, 0.1) is 0 Å². The van der Waals surface area contributed by atoms with Gasteiger partial charge in [0.05, 0.1) is 13.2 Å². The number of nitrogens with two attached hydrogens (primary N) is 1. The Morgan fingerprint density at radius 2 is 2.47 bits per heavy atom. The third kappa shape index (κ3) is 3.04. The monoisotopic (exact) mass is 207 g/mol. The van der Waals surface area contributed by atoms with E-state index in [1.807, 2.05) is 19.1 Å². The molecule has 0 fully saturated rings. The summed E-state index contributed by atoms with van der Waals surface area (Å²) in [4.78, 5) is 4.13. The maximum atomic E-state index is 5.50. The van der Waals surface area contributed by atoms with Crippen LogP contribution < -0.4 is 16.0 Å². The Morgan fingerprint density at radius 3 is 3.00 bits per heavy atom. The normalized spacial score (nSPS) is 12.2. The van der Waals surface area contributed by atoms with Crippen molar-refractivity contribution in [3.63, 3.8) is 0 Å². The van der Waals surface area contributed by atoms with Crippen molar-refractivity contribution in [1.29, 1.82) is 0 Å². The molecule has 1 heterocycles. The van der Waals surface area contributed by atoms with Gasteiger partial charge in [0.2, 0.25) is 5.88 Å². The molecule has 15 heavy (non-hydrogen) atoms. The zero-order chi connectivity index (χ0) is 11.3. The Morgan fingerprint density at radius 1 is 1.73 bits per heavy atom. The lowest BCUT2D eigenvalue weighted by atomic mass is 10.0. The lowest BCUT2D eigenvalue weighted by Crippen LogP contribution is -2.28. The van der Waals surface area contributed by atoms with Crippen LogP contribution in [-0.2, 0) is 0 Å². The molecule has 0 spiro atoms. The molecule has 0 aliphatic carbocycles. The van der Waals surface area contributed by atoms with Gasteiger partial charge in [0.15, 0.2) is 0 Å². The molecule has 0 aromatic carbocycles. The van der Waals surface area contributed by atoms with Crippen molar-refractivity contribution in [2.75, 3.05) is 7.11 Å². The predicted molar refractivity (Wildman–Crippen MR) is 60.3 cm³/mol. The molecule has 0 amide bonds. The number of methoxy groups -OCH3 is 1. The van der Waals surface area contributed by atoms with Crippen LogP contribution in [-0.4, -0.2) is 12.1 Å². The first-order valence-corrected chi connectivity index (χ1v) is 4.78. The lowest BCUT2D eigenvalue weighted by Gasteiger charge is -2.17. The van der Waals surface area contributed by atoms with Crippen LogP contribution in [0.3, 0.4) is 0 Å². The van der Waals surface area contributed by atoms with Crippen LogP contribution in [0.5, 0.6) is 5.88 Å². The Hall–Kier alpha value is -1.39. The van der Waals surface area contributed by atoms with E-state index in [2.05, 4.69) is 17.0 Å². The van der Waals surface area contributed by atoms with Crippen molar-refractivity contribution < 1.29 is 4.74 Å². The number of hydrogen-bond donors (Lipinski definition) is 2. The minimum Gasteiger partial charge on any atom is -0.481 e. The molecule has 0 saturated carbocycles. The summed E-state index contributed by atoms with van der Waals surface area (Å²) in [6.45, 7) is 5.83. The first kappa shape index (κ1) is 11.7. The molecule has 1 unspecified atom stereocenters. The van der Waals surface area contributed by atoms with Crippen molar-refractivity contribution in [3.8, 4) is 5.88 Å². The average molecular weight is 207 g/mol. The van der Waals surface area contributed by atoms with Crippen molar-refractivity contribution >= 4 is 0 Å². The third-order valence-electron chi connectivity index (χ3n) is 2.12. The van der Waals surface area contributed by atoms with Crippen LogP contribution in [0.15, 0.2) is 30.5 Å². The van der Waals surface area contributed by atoms with Gasteiger partial charge in [-0.2, -0.15) is 0 Å². The first-order valence-electron chi connectivity index (χ1n) is 4.78. The highest BCUT2D eigenvalue weighted by atomic mass is 16.5. The molecule has 0 aliphatic heterocycles. The zero-order valence-corrected chi connectivity index (χ0v) is 9.16. The fourth-order valence-corrected chi connectivity index (χ4v) is 1.45. The molecule has 1 aromatic rings. The van der Waals surface area contributed by atoms with Crippen molar-refractivity contribution in [2.45, 2.75) is 19.4 Å². The molecule has 1 atom stereocenters. The van der Waals surface area contributed by atoms with E-state index in [0.717, 1.165) is 17.6 Å². The van der Waals surface area contributed by atoms with Crippen molar-refractivity contribution in [1.82, 2.24) is 10.4 Å². The second-order valence-corrected chi connectivity index (χ2v) is 3.48. The maximum Gasteiger partial charge on any atom is 0.217 e. The van der Waals surface area contributed by atoms with Gasteiger partial charge in [-0.1, -0.05) is 11.6 Å². The number of nitrogens with zero attached hydrogens (tertiary/aromatic N) is 1. The highest BCUT2D eigenvalue weighted by Gasteiger charge is 2.14. The zero-order valence-electron chi connectivity index (χ0n) is 9.16. The Labute approximate surface area is 90.1 Å². The second-order valence-electron chi connectivity index (χ2n) is 3.48. The summed E-state index contributed by atoms with van der Waals surface area (Å²) >= 11 is 0. The van der Waals surface area contributed by atoms with Gasteiger partial charge in [-0.15, -0.1) is 6.58 Å². The molecule has 1 aromatic heterocycles. The highest BCUT2D eigenvalue weighted by Crippen LogP contribution is 2.25. The van der Waals surface area contributed by atoms with Gasteiger partial charge in [0.25, 0.3) is 0 Å². The summed E-state index contributed by atoms with van der Waals surface area (Å²) in [6.07, 6.45) is 2.45. The molecule has 0 radical (unpaired) electrons. The summed E-state index contributed by atoms with van der Waals surface area (Å²) < 4.78 is 5.17. The largest absolute Gasteiger partial charge is 0.481 e. The van der Waals surface area contributed by atoms with E-state index in [1.54, 1.807) is 13.3 Å². The minimum atomic E-state index is -0.00819. The topological polar surface area (TPSA) is 60.2 Å². The SMILES string of the molecule is C=C(C)CC(NN)c1cccnc1OC. The highest BCUT2D eigenvalue weighted by molar-refractivity contribution is 5.29. The summed E-state index contributed by atoms with van der Waals surface area (Å²) in [5, 5.41) is 0. The fourth-order valence-electron chi connectivity index (χ4n) is 1.45. The second kappa shape index (κ2) is 5.48. The van der Waals surface area contributed by atoms with E-state index >= 15 is 0 Å². The predicted octanol–water partition coefficient (Wildman–Crippen LogP) is 1.56. The molecule has 1 rings (SSSR count). The van der Waals surface area contributed by atoms with Gasteiger partial charge in [-0.3, -0.25) is 11.3 Å². The van der Waals surface area contributed by atoms with Gasteiger partial charge in [0.1, 0.15) is 0 Å². The maximum absolute atomic E-state index is 5.50. The number of aromatic nitrogens is 1. The van der Waals surface area contributed by atoms with Crippen LogP contribution in [0.25, 0.3) is 0 Å². The van der Waals surface area contributed by atoms with Crippen LogP contribution in [0.1, 0.15) is 24.9 Å². The van der Waals surface area contributed by atoms with Gasteiger partial charge in [0, 0.05) is 11.8 Å². The quantitative estimate of drug-likeness (QED) is 0.437. The molecule has 82 valence electrons. The van der Waals surface area contributed by atoms with Crippen LogP contribution in [0.2, 0.25) is 0 Å². The van der Waals surface area contributed by atoms with E-state index in [4.69, 9.17) is 10.6 Å². The van der Waals surface area contributed by atoms with E-state index in [-0.39, 0.29) is 6.04 Å². The molecule has 0 aliphatic rings. The number of rotatable bonds is 5. The third-order valence-corrected chi connectivity index (χ3v) is 2.12. The van der Waals surface area contributed by atoms with E-state index < -0.39 is 0 Å². The lowest BCUT2D eigenvalue weighted by molar-refractivity contribution is 0.382. The van der Waals surface area contributed by atoms with Crippen molar-refractivity contribution in [2.24, 2.45) is 5.84 Å². The molecule has 0 bridgehead atoms. The van der Waals surface area contributed by atoms with Gasteiger partial charge in [-0.25, -0.2) is 4.98 Å². The summed E-state index contributed by atoms with van der Waals surface area (Å²) in [6, 6.07) is 3.80. The van der Waals surface area contributed by atoms with Crippen LogP contribution >= 0.6 is 0 Å². The fraction of sp³-hybridized carbons (Fsp3) is 0.364. The molecular weight excluding hydrogens is 190 g/mol. The Bertz CT molecular complexity index is 338. The Kier molecular flexibility index (Phi) is 4.27. The number of ether oxygens (including phenoxy) is 1. The molecule has 0 saturated heterocycles. The summed E-state index contributed by atoms with van der Waals surface area (Å²) in [5.41, 5.74) is 4.75. The number of pyridine rings is 1. The van der Waals surface area contributed by atoms with Gasteiger partial charge >= 0.3 is 0 Å².